The van der Waals surface area contributed by atoms with Crippen LogP contribution in [0.1, 0.15) is 37.8 Å². The maximum Gasteiger partial charge on any atom is 0.232 e. The first-order valence-electron chi connectivity index (χ1n) is 9.82. The third-order valence-corrected chi connectivity index (χ3v) is 5.43. The number of anilines is 1. The molecular weight excluding hydrogens is 352 g/mol. The molecule has 1 saturated heterocycles. The highest BCUT2D eigenvalue weighted by Crippen LogP contribution is 2.40. The third-order valence-electron chi connectivity index (χ3n) is 5.43. The number of benzene rings is 2. The topological polar surface area (TPSA) is 49.9 Å². The van der Waals surface area contributed by atoms with Gasteiger partial charge in [0.1, 0.15) is 5.75 Å². The number of amides is 2. The molecule has 28 heavy (non-hydrogen) atoms. The van der Waals surface area contributed by atoms with Crippen LogP contribution in [-0.4, -0.2) is 37.4 Å². The Hall–Kier alpha value is -2.82. The highest BCUT2D eigenvalue weighted by Gasteiger charge is 2.45. The van der Waals surface area contributed by atoms with Gasteiger partial charge in [-0.25, -0.2) is 0 Å². The summed E-state index contributed by atoms with van der Waals surface area (Å²) in [5, 5.41) is 0. The first-order valence-corrected chi connectivity index (χ1v) is 9.82. The van der Waals surface area contributed by atoms with Crippen LogP contribution in [0.2, 0.25) is 0 Å². The summed E-state index contributed by atoms with van der Waals surface area (Å²) in [7, 11) is 3.41. The minimum atomic E-state index is -0.400. The molecule has 1 fully saturated rings. The molecule has 2 atom stereocenters. The van der Waals surface area contributed by atoms with Crippen molar-refractivity contribution in [2.75, 3.05) is 25.6 Å². The second-order valence-corrected chi connectivity index (χ2v) is 7.20. The maximum atomic E-state index is 13.3. The van der Waals surface area contributed by atoms with E-state index in [0.717, 1.165) is 29.8 Å². The zero-order valence-corrected chi connectivity index (χ0v) is 16.8. The fraction of sp³-hybridized carbons (Fsp3) is 0.391. The van der Waals surface area contributed by atoms with E-state index >= 15 is 0 Å². The van der Waals surface area contributed by atoms with E-state index in [4.69, 9.17) is 4.74 Å². The maximum absolute atomic E-state index is 13.3. The highest BCUT2D eigenvalue weighted by atomic mass is 16.5. The second kappa shape index (κ2) is 8.91. The van der Waals surface area contributed by atoms with Gasteiger partial charge in [0.2, 0.25) is 11.8 Å². The van der Waals surface area contributed by atoms with Crippen molar-refractivity contribution in [1.29, 1.82) is 0 Å². The zero-order chi connectivity index (χ0) is 20.1. The molecule has 2 aromatic carbocycles. The van der Waals surface area contributed by atoms with Crippen molar-refractivity contribution in [2.45, 2.75) is 32.2 Å². The fourth-order valence-corrected chi connectivity index (χ4v) is 3.84. The molecule has 5 heteroatoms. The highest BCUT2D eigenvalue weighted by molar-refractivity contribution is 5.99. The normalized spacial score (nSPS) is 19.0. The Labute approximate surface area is 166 Å². The molecule has 0 aromatic heterocycles. The molecule has 0 N–H and O–H groups in total. The second-order valence-electron chi connectivity index (χ2n) is 7.20. The predicted octanol–water partition coefficient (Wildman–Crippen LogP) is 4.05. The minimum Gasteiger partial charge on any atom is -0.497 e. The standard InChI is InChI=1S/C23H28N2O3/c1-4-5-15-25-21(26)16-20(22(25)17-11-13-19(28-3)14-12-17)23(27)24(2)18-9-7-6-8-10-18/h6-14,20,22H,4-5,15-16H2,1-3H3. The summed E-state index contributed by atoms with van der Waals surface area (Å²) in [5.74, 6) is 0.383. The van der Waals surface area contributed by atoms with Crippen LogP contribution < -0.4 is 9.64 Å². The van der Waals surface area contributed by atoms with Crippen molar-refractivity contribution >= 4 is 17.5 Å². The Morgan fingerprint density at radius 3 is 2.43 bits per heavy atom. The van der Waals surface area contributed by atoms with Crippen LogP contribution in [0.3, 0.4) is 0 Å². The summed E-state index contributed by atoms with van der Waals surface area (Å²) in [6.45, 7) is 2.78. The van der Waals surface area contributed by atoms with Crippen molar-refractivity contribution in [3.05, 3.63) is 60.2 Å². The summed E-state index contributed by atoms with van der Waals surface area (Å²) in [6, 6.07) is 17.0. The van der Waals surface area contributed by atoms with Crippen molar-refractivity contribution in [3.8, 4) is 5.75 Å². The van der Waals surface area contributed by atoms with Crippen LogP contribution in [0, 0.1) is 5.92 Å². The Kier molecular flexibility index (Phi) is 6.34. The first-order chi connectivity index (χ1) is 13.6. The lowest BCUT2D eigenvalue weighted by molar-refractivity contribution is -0.129. The van der Waals surface area contributed by atoms with Crippen LogP contribution in [0.5, 0.6) is 5.75 Å². The number of hydrogen-bond acceptors (Lipinski definition) is 3. The van der Waals surface area contributed by atoms with E-state index in [1.807, 2.05) is 59.5 Å². The fourth-order valence-electron chi connectivity index (χ4n) is 3.84. The lowest BCUT2D eigenvalue weighted by atomic mass is 9.92. The molecule has 5 nitrogen and oxygen atoms in total. The van der Waals surface area contributed by atoms with Gasteiger partial charge in [-0.1, -0.05) is 43.7 Å². The summed E-state index contributed by atoms with van der Waals surface area (Å²) in [6.07, 6.45) is 2.17. The molecule has 0 radical (unpaired) electrons. The average molecular weight is 380 g/mol. The van der Waals surface area contributed by atoms with Crippen molar-refractivity contribution in [3.63, 3.8) is 0 Å². The van der Waals surface area contributed by atoms with Crippen LogP contribution in [0.4, 0.5) is 5.69 Å². The Morgan fingerprint density at radius 1 is 1.14 bits per heavy atom. The van der Waals surface area contributed by atoms with E-state index in [1.54, 1.807) is 19.1 Å². The van der Waals surface area contributed by atoms with Gasteiger partial charge in [0.05, 0.1) is 19.1 Å². The monoisotopic (exact) mass is 380 g/mol. The number of para-hydroxylation sites is 1. The van der Waals surface area contributed by atoms with E-state index in [1.165, 1.54) is 0 Å². The number of hydrogen-bond donors (Lipinski definition) is 0. The first kappa shape index (κ1) is 19.9. The number of unbranched alkanes of at least 4 members (excludes halogenated alkanes) is 1. The van der Waals surface area contributed by atoms with Gasteiger partial charge in [0.25, 0.3) is 0 Å². The summed E-state index contributed by atoms with van der Waals surface area (Å²) >= 11 is 0. The third kappa shape index (κ3) is 4.03. The quantitative estimate of drug-likeness (QED) is 0.728. The summed E-state index contributed by atoms with van der Waals surface area (Å²) in [5.41, 5.74) is 1.81. The lowest BCUT2D eigenvalue weighted by Crippen LogP contribution is -2.37. The molecule has 0 spiro atoms. The Balaban J connectivity index is 1.92. The smallest absolute Gasteiger partial charge is 0.232 e. The number of nitrogens with zero attached hydrogens (tertiary/aromatic N) is 2. The van der Waals surface area contributed by atoms with Gasteiger partial charge in [-0.05, 0) is 36.2 Å². The van der Waals surface area contributed by atoms with Gasteiger partial charge in [0, 0.05) is 25.7 Å². The molecule has 2 amide bonds. The zero-order valence-electron chi connectivity index (χ0n) is 16.8. The molecule has 1 heterocycles. The van der Waals surface area contributed by atoms with Gasteiger partial charge in [-0.2, -0.15) is 0 Å². The number of rotatable bonds is 7. The van der Waals surface area contributed by atoms with Crippen molar-refractivity contribution in [2.24, 2.45) is 5.92 Å². The van der Waals surface area contributed by atoms with Crippen LogP contribution in [-0.2, 0) is 9.59 Å². The SMILES string of the molecule is CCCCN1C(=O)CC(C(=O)N(C)c2ccccc2)C1c1ccc(OC)cc1. The lowest BCUT2D eigenvalue weighted by Gasteiger charge is -2.30. The summed E-state index contributed by atoms with van der Waals surface area (Å²) in [4.78, 5) is 29.7. The number of methoxy groups -OCH3 is 1. The van der Waals surface area contributed by atoms with E-state index in [0.29, 0.717) is 6.54 Å². The van der Waals surface area contributed by atoms with Gasteiger partial charge >= 0.3 is 0 Å². The molecule has 0 aliphatic carbocycles. The Morgan fingerprint density at radius 2 is 1.82 bits per heavy atom. The molecule has 2 aromatic rings. The molecular formula is C23H28N2O3. The summed E-state index contributed by atoms with van der Waals surface area (Å²) < 4.78 is 5.26. The molecule has 3 rings (SSSR count). The molecule has 1 aliphatic rings. The molecule has 0 bridgehead atoms. The molecule has 2 unspecified atom stereocenters. The average Bonchev–Trinajstić information content (AvgIpc) is 3.07. The number of carbonyl (C=O) groups is 2. The molecule has 0 saturated carbocycles. The molecule has 1 aliphatic heterocycles. The largest absolute Gasteiger partial charge is 0.497 e. The van der Waals surface area contributed by atoms with Gasteiger partial charge < -0.3 is 14.5 Å². The van der Waals surface area contributed by atoms with Gasteiger partial charge in [-0.15, -0.1) is 0 Å². The Bertz CT molecular complexity index is 804. The van der Waals surface area contributed by atoms with Crippen LogP contribution in [0.15, 0.2) is 54.6 Å². The van der Waals surface area contributed by atoms with E-state index < -0.39 is 5.92 Å². The number of ether oxygens (including phenoxy) is 1. The predicted molar refractivity (Wildman–Crippen MR) is 110 cm³/mol. The number of carbonyl (C=O) groups excluding carboxylic acids is 2. The molecule has 148 valence electrons. The van der Waals surface area contributed by atoms with E-state index in [-0.39, 0.29) is 24.3 Å². The van der Waals surface area contributed by atoms with Crippen molar-refractivity contribution in [1.82, 2.24) is 4.90 Å². The van der Waals surface area contributed by atoms with Crippen molar-refractivity contribution < 1.29 is 14.3 Å². The van der Waals surface area contributed by atoms with E-state index in [9.17, 15) is 9.59 Å². The van der Waals surface area contributed by atoms with Gasteiger partial charge in [0.15, 0.2) is 0 Å². The minimum absolute atomic E-state index is 0.0284. The van der Waals surface area contributed by atoms with Gasteiger partial charge in [-0.3, -0.25) is 9.59 Å². The van der Waals surface area contributed by atoms with E-state index in [2.05, 4.69) is 6.92 Å². The number of likely N-dealkylation sites (tertiary alicyclic amines) is 1. The van der Waals surface area contributed by atoms with Crippen LogP contribution in [0.25, 0.3) is 0 Å². The van der Waals surface area contributed by atoms with Crippen LogP contribution >= 0.6 is 0 Å².